The molecule has 250 valence electrons. The molecule has 1 unspecified atom stereocenters. The van der Waals surface area contributed by atoms with Crippen molar-refractivity contribution in [2.75, 3.05) is 22.1 Å². The largest absolute Gasteiger partial charge is 0.494 e. The van der Waals surface area contributed by atoms with Gasteiger partial charge in [-0.15, -0.1) is 4.40 Å². The molecule has 0 aliphatic carbocycles. The number of hydrogen-bond donors (Lipinski definition) is 2. The van der Waals surface area contributed by atoms with E-state index in [0.29, 0.717) is 29.4 Å². The molecule has 0 spiro atoms. The molecule has 14 nitrogen and oxygen atoms in total. The maximum absolute atomic E-state index is 14.0. The normalized spacial score (nSPS) is 15.2. The average molecular weight is 692 g/mol. The van der Waals surface area contributed by atoms with E-state index in [0.717, 1.165) is 5.56 Å². The highest BCUT2D eigenvalue weighted by Gasteiger charge is 2.45. The van der Waals surface area contributed by atoms with E-state index in [9.17, 15) is 22.8 Å². The van der Waals surface area contributed by atoms with Gasteiger partial charge >= 0.3 is 0 Å². The number of rotatable bonds is 11. The number of aromatic nitrogens is 2. The Morgan fingerprint density at radius 1 is 1.02 bits per heavy atom. The molecule has 1 aliphatic rings. The van der Waals surface area contributed by atoms with Crippen molar-refractivity contribution < 1.29 is 36.7 Å². The molecule has 1 atom stereocenters. The number of carbonyl (C=O) groups excluding carboxylic acids is 3. The number of nitrogens with zero attached hydrogens (tertiary/aromatic N) is 5. The molecule has 3 aromatic carbocycles. The molecule has 1 aliphatic heterocycles. The number of benzene rings is 3. The van der Waals surface area contributed by atoms with Gasteiger partial charge in [-0.05, 0) is 86.7 Å². The fraction of sp³-hybridized carbons (Fsp3) is 0.250. The number of hydrogen-bond acceptors (Lipinski definition) is 8. The second kappa shape index (κ2) is 14.2. The molecule has 0 bridgehead atoms. The Morgan fingerprint density at radius 3 is 2.25 bits per heavy atom. The first-order chi connectivity index (χ1) is 22.9. The fourth-order valence-electron chi connectivity index (χ4n) is 4.95. The van der Waals surface area contributed by atoms with Gasteiger partial charge in [0.1, 0.15) is 25.4 Å². The molecule has 4 aromatic rings. The number of nitrogens with one attached hydrogen (secondary N) is 2. The molecule has 0 saturated carbocycles. The van der Waals surface area contributed by atoms with Crippen molar-refractivity contribution in [2.24, 2.45) is 11.4 Å². The molecule has 2 N–H and O–H groups in total. The topological polar surface area (TPSA) is 169 Å². The van der Waals surface area contributed by atoms with Crippen LogP contribution in [0.4, 0.5) is 17.1 Å². The van der Waals surface area contributed by atoms with Gasteiger partial charge in [0.2, 0.25) is 11.8 Å². The van der Waals surface area contributed by atoms with Crippen LogP contribution in [-0.2, 0) is 38.0 Å². The molecule has 2 heterocycles. The molecule has 1 aromatic heterocycles. The Bertz CT molecular complexity index is 2020. The zero-order valence-corrected chi connectivity index (χ0v) is 28.2. The zero-order valence-electron chi connectivity index (χ0n) is 26.5. The maximum Gasteiger partial charge on any atom is 0.289 e. The van der Waals surface area contributed by atoms with Crippen LogP contribution in [0.15, 0.2) is 86.6 Å². The van der Waals surface area contributed by atoms with Crippen LogP contribution < -0.4 is 35.8 Å². The van der Waals surface area contributed by atoms with E-state index in [1.54, 1.807) is 60.7 Å². The lowest BCUT2D eigenvalue weighted by Crippen LogP contribution is -2.45. The predicted octanol–water partition coefficient (Wildman–Crippen LogP) is 2.55. The van der Waals surface area contributed by atoms with Crippen LogP contribution in [-0.4, -0.2) is 48.8 Å². The van der Waals surface area contributed by atoms with Crippen molar-refractivity contribution in [3.05, 3.63) is 89.6 Å². The third kappa shape index (κ3) is 7.61. The van der Waals surface area contributed by atoms with Crippen LogP contribution in [0, 0.1) is 6.92 Å². The van der Waals surface area contributed by atoms with Crippen LogP contribution in [0.3, 0.4) is 0 Å². The lowest BCUT2D eigenvalue weighted by atomic mass is 10.1. The van der Waals surface area contributed by atoms with E-state index >= 15 is 0 Å². The van der Waals surface area contributed by atoms with E-state index in [-0.39, 0.29) is 40.1 Å². The van der Waals surface area contributed by atoms with Crippen molar-refractivity contribution in [1.82, 2.24) is 10.2 Å². The molecule has 0 radical (unpaired) electrons. The number of carbonyl (C=O) groups is 3. The zero-order chi connectivity index (χ0) is 34.6. The highest BCUT2D eigenvalue weighted by molar-refractivity contribution is 7.90. The minimum absolute atomic E-state index is 0.0358. The van der Waals surface area contributed by atoms with Gasteiger partial charge in [-0.1, -0.05) is 17.7 Å². The Hall–Kier alpha value is -5.35. The fourth-order valence-corrected chi connectivity index (χ4v) is 6.28. The lowest BCUT2D eigenvalue weighted by molar-refractivity contribution is -0.752. The summed E-state index contributed by atoms with van der Waals surface area (Å²) in [5, 5.41) is 9.37. The van der Waals surface area contributed by atoms with Crippen LogP contribution >= 0.6 is 12.2 Å². The van der Waals surface area contributed by atoms with Crippen LogP contribution in [0.2, 0.25) is 0 Å². The Labute approximate surface area is 282 Å². The van der Waals surface area contributed by atoms with Gasteiger partial charge in [0.15, 0.2) is 5.11 Å². The first kappa shape index (κ1) is 34.0. The standard InChI is InChI=1S/C32H33N7O7S2/c1-5-45-25-14-12-24(13-15-25)39-31(42)27(18-29(41)34-23-10-8-22(9-11-23)33-21(3)40)38(32(39)47)19-28-30(46-36-37(28)4)35-48(43,44)26-16-6-20(2)7-17-26/h6-17,27H,5,18-19H2,1-4H3,(H,33,40)(H,34,41)/b35-30-. The first-order valence-corrected chi connectivity index (χ1v) is 16.7. The number of ether oxygens (including phenoxy) is 1. The summed E-state index contributed by atoms with van der Waals surface area (Å²) in [6.45, 7) is 5.38. The van der Waals surface area contributed by atoms with E-state index in [1.165, 1.54) is 40.6 Å². The summed E-state index contributed by atoms with van der Waals surface area (Å²) in [4.78, 5) is 41.5. The first-order valence-electron chi connectivity index (χ1n) is 14.8. The second-order valence-corrected chi connectivity index (χ2v) is 12.8. The van der Waals surface area contributed by atoms with Crippen LogP contribution in [0.25, 0.3) is 0 Å². The van der Waals surface area contributed by atoms with Crippen molar-refractivity contribution >= 4 is 62.1 Å². The smallest absolute Gasteiger partial charge is 0.289 e. The number of amides is 3. The quantitative estimate of drug-likeness (QED) is 0.176. The van der Waals surface area contributed by atoms with E-state index in [2.05, 4.69) is 20.3 Å². The minimum Gasteiger partial charge on any atom is -0.494 e. The number of sulfonamides is 1. The molecule has 1 fully saturated rings. The van der Waals surface area contributed by atoms with Gasteiger partial charge in [-0.3, -0.25) is 24.6 Å². The second-order valence-electron chi connectivity index (χ2n) is 10.9. The maximum atomic E-state index is 14.0. The van der Waals surface area contributed by atoms with Crippen molar-refractivity contribution in [3.8, 4) is 5.75 Å². The molecule has 16 heteroatoms. The van der Waals surface area contributed by atoms with Gasteiger partial charge in [0.25, 0.3) is 27.2 Å². The summed E-state index contributed by atoms with van der Waals surface area (Å²) in [5.41, 5.74) is 2.24. The molecular weight excluding hydrogens is 659 g/mol. The average Bonchev–Trinajstić information content (AvgIpc) is 3.48. The number of anilines is 3. The summed E-state index contributed by atoms with van der Waals surface area (Å²) in [5.74, 6) is -0.577. The predicted molar refractivity (Wildman–Crippen MR) is 178 cm³/mol. The third-order valence-corrected chi connectivity index (χ3v) is 9.01. The Morgan fingerprint density at radius 2 is 1.65 bits per heavy atom. The van der Waals surface area contributed by atoms with Crippen LogP contribution in [0.1, 0.15) is 31.5 Å². The summed E-state index contributed by atoms with van der Waals surface area (Å²) >= 11 is 5.80. The summed E-state index contributed by atoms with van der Waals surface area (Å²) in [7, 11) is -2.65. The SMILES string of the molecule is CCOc1ccc(N2C(=O)C(CC(=O)Nc3ccc(NC(C)=O)cc3)N(Cc3/c(=N/S(=O)(=O)c4ccc(C)cc4)o[n-][n+]3C)C2=S)cc1. The molecule has 1 saturated heterocycles. The van der Waals surface area contributed by atoms with Crippen molar-refractivity contribution in [1.29, 1.82) is 0 Å². The summed E-state index contributed by atoms with van der Waals surface area (Å²) in [6, 6.07) is 18.4. The van der Waals surface area contributed by atoms with Gasteiger partial charge < -0.3 is 24.8 Å². The monoisotopic (exact) mass is 691 g/mol. The van der Waals surface area contributed by atoms with Crippen molar-refractivity contribution in [3.63, 3.8) is 0 Å². The lowest BCUT2D eigenvalue weighted by Gasteiger charge is -2.22. The Balaban J connectivity index is 1.46. The van der Waals surface area contributed by atoms with E-state index in [1.807, 2.05) is 13.8 Å². The summed E-state index contributed by atoms with van der Waals surface area (Å²) < 4.78 is 42.3. The van der Waals surface area contributed by atoms with Gasteiger partial charge in [0, 0.05) is 18.3 Å². The highest BCUT2D eigenvalue weighted by atomic mass is 32.2. The highest BCUT2D eigenvalue weighted by Crippen LogP contribution is 2.30. The van der Waals surface area contributed by atoms with E-state index in [4.69, 9.17) is 21.5 Å². The molecule has 3 amide bonds. The minimum atomic E-state index is -4.19. The van der Waals surface area contributed by atoms with Gasteiger partial charge in [0.05, 0.1) is 23.6 Å². The Kier molecular flexibility index (Phi) is 10.0. The molecule has 48 heavy (non-hydrogen) atoms. The number of thiocarbonyl (C=S) groups is 1. The van der Waals surface area contributed by atoms with Gasteiger partial charge in [-0.2, -0.15) is 8.42 Å². The summed E-state index contributed by atoms with van der Waals surface area (Å²) in [6.07, 6.45) is -0.302. The van der Waals surface area contributed by atoms with Gasteiger partial charge in [-0.25, -0.2) is 4.68 Å². The van der Waals surface area contributed by atoms with E-state index < -0.39 is 27.9 Å². The molecular formula is C32H33N7O7S2. The molecule has 5 rings (SSSR count). The number of aryl methyl sites for hydroxylation is 2. The third-order valence-electron chi connectivity index (χ3n) is 7.32. The van der Waals surface area contributed by atoms with Crippen molar-refractivity contribution in [2.45, 2.75) is 44.7 Å². The van der Waals surface area contributed by atoms with Crippen LogP contribution in [0.5, 0.6) is 5.75 Å².